The number of hydrazone groups is 1. The van der Waals surface area contributed by atoms with Crippen LogP contribution in [0, 0.1) is 0 Å². The summed E-state index contributed by atoms with van der Waals surface area (Å²) in [6, 6.07) is 17.9. The zero-order valence-electron chi connectivity index (χ0n) is 16.3. The van der Waals surface area contributed by atoms with Crippen LogP contribution in [-0.4, -0.2) is 29.9 Å². The number of ether oxygens (including phenoxy) is 3. The van der Waals surface area contributed by atoms with Crippen LogP contribution in [0.25, 0.3) is 0 Å². The van der Waals surface area contributed by atoms with E-state index in [1.807, 2.05) is 65.8 Å². The number of methoxy groups -OCH3 is 2. The second-order valence-corrected chi connectivity index (χ2v) is 7.04. The minimum atomic E-state index is -0.328. The molecule has 0 N–H and O–H groups in total. The van der Waals surface area contributed by atoms with E-state index in [4.69, 9.17) is 19.3 Å². The third kappa shape index (κ3) is 3.06. The molecule has 0 saturated carbocycles. The molecule has 6 nitrogen and oxygen atoms in total. The number of benzene rings is 2. The second kappa shape index (κ2) is 7.13. The highest BCUT2D eigenvalue weighted by Crippen LogP contribution is 2.48. The van der Waals surface area contributed by atoms with Crippen molar-refractivity contribution >= 4 is 5.71 Å². The van der Waals surface area contributed by atoms with E-state index >= 15 is 0 Å². The Kier molecular flexibility index (Phi) is 4.31. The predicted molar refractivity (Wildman–Crippen MR) is 109 cm³/mol. The fourth-order valence-electron chi connectivity index (χ4n) is 3.89. The molecule has 2 aromatic carbocycles. The Morgan fingerprint density at radius 2 is 1.79 bits per heavy atom. The molecule has 146 valence electrons. The van der Waals surface area contributed by atoms with Crippen molar-refractivity contribution in [3.8, 4) is 17.2 Å². The van der Waals surface area contributed by atoms with E-state index in [0.717, 1.165) is 46.1 Å². The number of aromatic nitrogens is 1. The first-order valence-corrected chi connectivity index (χ1v) is 9.51. The molecule has 2 atom stereocenters. The van der Waals surface area contributed by atoms with Gasteiger partial charge in [-0.3, -0.25) is 4.98 Å². The first kappa shape index (κ1) is 17.6. The van der Waals surface area contributed by atoms with Crippen LogP contribution in [0.2, 0.25) is 0 Å². The number of hydrogen-bond acceptors (Lipinski definition) is 6. The van der Waals surface area contributed by atoms with Crippen LogP contribution >= 0.6 is 0 Å². The van der Waals surface area contributed by atoms with E-state index in [2.05, 4.69) is 4.98 Å². The zero-order valence-corrected chi connectivity index (χ0v) is 16.3. The molecule has 2 aliphatic rings. The van der Waals surface area contributed by atoms with Gasteiger partial charge in [0.25, 0.3) is 0 Å². The van der Waals surface area contributed by atoms with E-state index in [-0.39, 0.29) is 12.3 Å². The topological polar surface area (TPSA) is 56.2 Å². The van der Waals surface area contributed by atoms with Crippen molar-refractivity contribution < 1.29 is 14.2 Å². The lowest BCUT2D eigenvalue weighted by atomic mass is 9.95. The lowest BCUT2D eigenvalue weighted by molar-refractivity contribution is -0.0193. The first-order valence-electron chi connectivity index (χ1n) is 9.51. The highest BCUT2D eigenvalue weighted by molar-refractivity contribution is 6.02. The third-order valence-electron chi connectivity index (χ3n) is 5.39. The average molecular weight is 387 g/mol. The maximum atomic E-state index is 6.36. The van der Waals surface area contributed by atoms with Crippen molar-refractivity contribution in [3.63, 3.8) is 0 Å². The highest BCUT2D eigenvalue weighted by Gasteiger charge is 2.41. The lowest BCUT2D eigenvalue weighted by Crippen LogP contribution is -2.33. The molecule has 0 spiro atoms. The van der Waals surface area contributed by atoms with Crippen molar-refractivity contribution in [2.24, 2.45) is 5.10 Å². The highest BCUT2D eigenvalue weighted by atomic mass is 16.5. The molecule has 0 radical (unpaired) electrons. The second-order valence-electron chi connectivity index (χ2n) is 7.04. The Morgan fingerprint density at radius 3 is 2.52 bits per heavy atom. The summed E-state index contributed by atoms with van der Waals surface area (Å²) in [5.41, 5.74) is 4.15. The molecule has 0 saturated heterocycles. The van der Waals surface area contributed by atoms with Gasteiger partial charge in [0, 0.05) is 29.9 Å². The van der Waals surface area contributed by atoms with Crippen LogP contribution in [0.3, 0.4) is 0 Å². The van der Waals surface area contributed by atoms with Crippen molar-refractivity contribution in [1.29, 1.82) is 0 Å². The number of nitrogens with zero attached hydrogens (tertiary/aromatic N) is 3. The Hall–Kier alpha value is -3.54. The van der Waals surface area contributed by atoms with Gasteiger partial charge in [0.15, 0.2) is 0 Å². The number of fused-ring (bicyclic) bond motifs is 3. The van der Waals surface area contributed by atoms with E-state index in [0.29, 0.717) is 0 Å². The molecule has 0 unspecified atom stereocenters. The van der Waals surface area contributed by atoms with Crippen LogP contribution in [0.1, 0.15) is 35.4 Å². The summed E-state index contributed by atoms with van der Waals surface area (Å²) in [7, 11) is 3.35. The summed E-state index contributed by atoms with van der Waals surface area (Å²) in [5, 5.41) is 7.00. The third-order valence-corrected chi connectivity index (χ3v) is 5.39. The predicted octanol–water partition coefficient (Wildman–Crippen LogP) is 4.34. The molecule has 0 fully saturated rings. The molecule has 5 rings (SSSR count). The van der Waals surface area contributed by atoms with Crippen molar-refractivity contribution in [1.82, 2.24) is 9.99 Å². The van der Waals surface area contributed by atoms with Gasteiger partial charge in [-0.25, -0.2) is 5.01 Å². The maximum Gasteiger partial charge on any atom is 0.215 e. The van der Waals surface area contributed by atoms with Crippen LogP contribution in [0.4, 0.5) is 0 Å². The summed E-state index contributed by atoms with van der Waals surface area (Å²) in [5.74, 6) is 2.49. The van der Waals surface area contributed by atoms with Crippen LogP contribution in [-0.2, 0) is 0 Å². The van der Waals surface area contributed by atoms with Crippen LogP contribution in [0.5, 0.6) is 17.2 Å². The van der Waals surface area contributed by atoms with E-state index in [9.17, 15) is 0 Å². The summed E-state index contributed by atoms with van der Waals surface area (Å²) in [6.45, 7) is 0. The smallest absolute Gasteiger partial charge is 0.215 e. The van der Waals surface area contributed by atoms with E-state index < -0.39 is 0 Å². The van der Waals surface area contributed by atoms with Gasteiger partial charge in [0.1, 0.15) is 17.2 Å². The van der Waals surface area contributed by atoms with Gasteiger partial charge >= 0.3 is 0 Å². The molecule has 3 aromatic rings. The number of rotatable bonds is 4. The van der Waals surface area contributed by atoms with Gasteiger partial charge in [-0.15, -0.1) is 0 Å². The SMILES string of the molecule is COc1ccc(C2=NN3[C@H](C2)c2cc(OC)ccc2O[C@@H]3c2cccnc2)cc1. The van der Waals surface area contributed by atoms with Gasteiger partial charge < -0.3 is 14.2 Å². The molecule has 0 amide bonds. The first-order chi connectivity index (χ1) is 14.3. The van der Waals surface area contributed by atoms with Gasteiger partial charge in [-0.1, -0.05) is 6.07 Å². The fourth-order valence-corrected chi connectivity index (χ4v) is 3.89. The molecular weight excluding hydrogens is 366 g/mol. The number of pyridine rings is 1. The molecule has 0 bridgehead atoms. The summed E-state index contributed by atoms with van der Waals surface area (Å²) < 4.78 is 17.1. The van der Waals surface area contributed by atoms with Crippen molar-refractivity contribution in [2.75, 3.05) is 14.2 Å². The molecule has 6 heteroatoms. The van der Waals surface area contributed by atoms with Crippen molar-refractivity contribution in [2.45, 2.75) is 18.7 Å². The fraction of sp³-hybridized carbons (Fsp3) is 0.217. The normalized spacial score (nSPS) is 19.7. The average Bonchev–Trinajstić information content (AvgIpc) is 3.24. The molecular formula is C23H21N3O3. The summed E-state index contributed by atoms with van der Waals surface area (Å²) in [4.78, 5) is 4.26. The maximum absolute atomic E-state index is 6.36. The van der Waals surface area contributed by atoms with Crippen LogP contribution < -0.4 is 14.2 Å². The molecule has 1 aromatic heterocycles. The molecule has 2 aliphatic heterocycles. The Morgan fingerprint density at radius 1 is 1.00 bits per heavy atom. The largest absolute Gasteiger partial charge is 0.497 e. The lowest BCUT2D eigenvalue weighted by Gasteiger charge is -2.38. The standard InChI is InChI=1S/C23H21N3O3/c1-27-17-7-5-15(6-8-17)20-13-21-19-12-18(28-2)9-10-22(19)29-23(26(21)25-20)16-4-3-11-24-14-16/h3-12,14,21,23H,13H2,1-2H3/t21-,23-/m1/s1. The zero-order chi connectivity index (χ0) is 19.8. The summed E-state index contributed by atoms with van der Waals surface area (Å²) >= 11 is 0. The van der Waals surface area contributed by atoms with Gasteiger partial charge in [-0.05, 0) is 54.1 Å². The van der Waals surface area contributed by atoms with Gasteiger partial charge in [-0.2, -0.15) is 5.10 Å². The Balaban J connectivity index is 1.57. The minimum absolute atomic E-state index is 0.0659. The van der Waals surface area contributed by atoms with E-state index in [1.54, 1.807) is 20.4 Å². The Bertz CT molecular complexity index is 1050. The minimum Gasteiger partial charge on any atom is -0.497 e. The summed E-state index contributed by atoms with van der Waals surface area (Å²) in [6.07, 6.45) is 4.05. The quantitative estimate of drug-likeness (QED) is 0.667. The van der Waals surface area contributed by atoms with Gasteiger partial charge in [0.05, 0.1) is 26.0 Å². The van der Waals surface area contributed by atoms with Crippen molar-refractivity contribution in [3.05, 3.63) is 83.7 Å². The monoisotopic (exact) mass is 387 g/mol. The Labute approximate surface area is 169 Å². The molecule has 29 heavy (non-hydrogen) atoms. The number of hydrogen-bond donors (Lipinski definition) is 0. The van der Waals surface area contributed by atoms with Crippen LogP contribution in [0.15, 0.2) is 72.1 Å². The van der Waals surface area contributed by atoms with E-state index in [1.165, 1.54) is 0 Å². The van der Waals surface area contributed by atoms with Gasteiger partial charge in [0.2, 0.25) is 6.23 Å². The molecule has 0 aliphatic carbocycles. The molecule has 3 heterocycles.